The number of aromatic nitrogens is 4. The van der Waals surface area contributed by atoms with E-state index in [-0.39, 0.29) is 166 Å². The van der Waals surface area contributed by atoms with E-state index in [1.54, 1.807) is 18.3 Å². The van der Waals surface area contributed by atoms with E-state index in [4.69, 9.17) is 32.9 Å². The van der Waals surface area contributed by atoms with Gasteiger partial charge in [-0.15, -0.1) is 0 Å². The van der Waals surface area contributed by atoms with Crippen LogP contribution in [0.4, 0.5) is 0 Å². The Bertz CT molecular complexity index is 4570. The number of nitriles is 2. The van der Waals surface area contributed by atoms with E-state index in [9.17, 15) is 10.5 Å². The van der Waals surface area contributed by atoms with E-state index < -0.39 is 54.8 Å². The third kappa shape index (κ3) is 5.71. The summed E-state index contributed by atoms with van der Waals surface area (Å²) < 4.78 is 212. The molecule has 0 saturated carbocycles. The van der Waals surface area contributed by atoms with Gasteiger partial charge in [-0.25, -0.2) is 0 Å². The van der Waals surface area contributed by atoms with Crippen molar-refractivity contribution in [3.63, 3.8) is 0 Å². The van der Waals surface area contributed by atoms with E-state index in [1.807, 2.05) is 0 Å². The van der Waals surface area contributed by atoms with Crippen molar-refractivity contribution in [3.8, 4) is 34.9 Å². The minimum Gasteiger partial charge on any atom is -0.306 e. The lowest BCUT2D eigenvalue weighted by Crippen LogP contribution is -2.16. The van der Waals surface area contributed by atoms with Crippen LogP contribution < -0.4 is 0 Å². The lowest BCUT2D eigenvalue weighted by molar-refractivity contribution is 1.02. The van der Waals surface area contributed by atoms with Gasteiger partial charge in [0.05, 0.1) is 66.9 Å². The zero-order valence-electron chi connectivity index (χ0n) is 60.5. The van der Waals surface area contributed by atoms with Gasteiger partial charge < -0.3 is 18.3 Å². The molecule has 334 valence electrons. The minimum absolute atomic E-state index is 0.138. The van der Waals surface area contributed by atoms with Gasteiger partial charge >= 0.3 is 0 Å². The summed E-state index contributed by atoms with van der Waals surface area (Å²) in [6.45, 7) is -21.9. The number of hydrogen-bond acceptors (Lipinski definition) is 2. The molecule has 0 aliphatic heterocycles. The summed E-state index contributed by atoms with van der Waals surface area (Å²) >= 11 is 0. The fraction of sp³-hybridized carbons (Fsp3) is 0.125. The van der Waals surface area contributed by atoms with Gasteiger partial charge in [-0.2, -0.15) is 10.5 Å². The lowest BCUT2D eigenvalue weighted by atomic mass is 9.98. The fourth-order valence-corrected chi connectivity index (χ4v) is 10.8. The van der Waals surface area contributed by atoms with Crippen molar-refractivity contribution in [3.05, 3.63) is 201 Å². The summed E-state index contributed by atoms with van der Waals surface area (Å²) in [6, 6.07) is 38.1. The summed E-state index contributed by atoms with van der Waals surface area (Å²) in [6.07, 6.45) is 0. The molecule has 9 aromatic carbocycles. The van der Waals surface area contributed by atoms with E-state index in [1.165, 1.54) is 146 Å². The molecule has 0 atom stereocenters. The van der Waals surface area contributed by atoms with Crippen LogP contribution in [0.2, 0.25) is 0 Å². The molecule has 6 nitrogen and oxygen atoms in total. The first kappa shape index (κ1) is 23.4. The van der Waals surface area contributed by atoms with Crippen molar-refractivity contribution in [1.29, 1.82) is 10.5 Å². The second kappa shape index (κ2) is 14.8. The van der Waals surface area contributed by atoms with Gasteiger partial charge in [0.15, 0.2) is 0 Å². The minimum atomic E-state index is -2.74. The highest BCUT2D eigenvalue weighted by atomic mass is 15.1. The van der Waals surface area contributed by atoms with Gasteiger partial charge in [0, 0.05) is 76.0 Å². The van der Waals surface area contributed by atoms with Crippen LogP contribution >= 0.6 is 0 Å². The highest BCUT2D eigenvalue weighted by molar-refractivity contribution is 6.16. The van der Waals surface area contributed by atoms with E-state index in [2.05, 4.69) is 12.1 Å². The smallest absolute Gasteiger partial charge is 0.104 e. The van der Waals surface area contributed by atoms with Gasteiger partial charge in [0.25, 0.3) is 0 Å². The Hall–Kier alpha value is -8.84. The summed E-state index contributed by atoms with van der Waals surface area (Å²) in [4.78, 5) is 0. The van der Waals surface area contributed by atoms with E-state index in [0.717, 1.165) is 0 Å². The van der Waals surface area contributed by atoms with Crippen LogP contribution in [0.3, 0.4) is 0 Å². The van der Waals surface area contributed by atoms with Crippen LogP contribution in [-0.2, 0) is 0 Å². The van der Waals surface area contributed by atoms with Crippen LogP contribution in [0.1, 0.15) is 88.5 Å². The molecule has 6 heteroatoms. The third-order valence-electron chi connectivity index (χ3n) is 13.6. The molecule has 13 rings (SSSR count). The maximum atomic E-state index is 12.8. The second-order valence-electron chi connectivity index (χ2n) is 17.6. The first-order chi connectivity index (χ1) is 43.6. The van der Waals surface area contributed by atoms with Crippen LogP contribution in [0.5, 0.6) is 0 Å². The number of fused-ring (bicyclic) bond motifs is 12. The Morgan fingerprint density at radius 2 is 0.429 bits per heavy atom. The summed E-state index contributed by atoms with van der Waals surface area (Å²) in [5.41, 5.74) is -1.73. The summed E-state index contributed by atoms with van der Waals surface area (Å²) in [5, 5.41) is 26.9. The molecule has 13 aromatic rings. The molecule has 70 heavy (non-hydrogen) atoms. The van der Waals surface area contributed by atoms with Gasteiger partial charge in [-0.05, 0) is 152 Å². The molecule has 0 fully saturated rings. The molecule has 0 radical (unpaired) electrons. The van der Waals surface area contributed by atoms with Gasteiger partial charge in [-0.3, -0.25) is 0 Å². The monoisotopic (exact) mass is 925 g/mol. The highest BCUT2D eigenvalue weighted by Crippen LogP contribution is 2.49. The number of nitrogens with zero attached hydrogens (tertiary/aromatic N) is 6. The van der Waals surface area contributed by atoms with E-state index >= 15 is 0 Å². The van der Waals surface area contributed by atoms with Crippen molar-refractivity contribution < 1.29 is 32.9 Å². The quantitative estimate of drug-likeness (QED) is 0.176. The number of benzene rings is 9. The van der Waals surface area contributed by atoms with Gasteiger partial charge in [-0.1, -0.05) is 93.0 Å². The molecule has 0 unspecified atom stereocenters. The Kier molecular flexibility index (Phi) is 4.97. The van der Waals surface area contributed by atoms with Crippen LogP contribution in [0.15, 0.2) is 146 Å². The topological polar surface area (TPSA) is 67.3 Å². The van der Waals surface area contributed by atoms with Crippen molar-refractivity contribution in [2.75, 3.05) is 0 Å². The molecule has 0 aliphatic rings. The molecule has 4 aromatic heterocycles. The van der Waals surface area contributed by atoms with Crippen LogP contribution in [0.25, 0.3) is 110 Å². The third-order valence-corrected chi connectivity index (χ3v) is 13.6. The predicted octanol–water partition coefficient (Wildman–Crippen LogP) is 16.3. The number of aryl methyl sites for hydroxylation is 8. The summed E-state index contributed by atoms with van der Waals surface area (Å²) in [7, 11) is 0. The molecular formula is C64H48N6. The summed E-state index contributed by atoms with van der Waals surface area (Å²) in [5.74, 6) is 0. The van der Waals surface area contributed by atoms with Gasteiger partial charge in [0.2, 0.25) is 0 Å². The number of rotatable bonds is 4. The molecular weight excluding hydrogens is 853 g/mol. The molecule has 4 heterocycles. The largest absolute Gasteiger partial charge is 0.306 e. The van der Waals surface area contributed by atoms with Crippen molar-refractivity contribution in [1.82, 2.24) is 18.3 Å². The Balaban J connectivity index is 1.39. The maximum absolute atomic E-state index is 12.8. The fourth-order valence-electron chi connectivity index (χ4n) is 10.8. The molecule has 0 aliphatic carbocycles. The van der Waals surface area contributed by atoms with Crippen LogP contribution in [-0.4, -0.2) is 18.3 Å². The van der Waals surface area contributed by atoms with E-state index in [0.29, 0.717) is 0 Å². The Morgan fingerprint density at radius 3 is 0.557 bits per heavy atom. The zero-order chi connectivity index (χ0) is 68.0. The Morgan fingerprint density at radius 1 is 0.271 bits per heavy atom. The average Bonchev–Trinajstić information content (AvgIpc) is 1.47. The second-order valence-corrected chi connectivity index (χ2v) is 17.6. The Labute approximate surface area is 439 Å². The average molecular weight is 925 g/mol. The first-order valence-electron chi connectivity index (χ1n) is 34.0. The molecule has 0 saturated heterocycles. The maximum Gasteiger partial charge on any atom is 0.104 e. The SMILES string of the molecule is [2H]C([2H])([2H])c1ccc2c(c1)c1cc(C([2H])([2H])[2H])ccc1n2-c1c(C#N)c(-n2c3ccc(C([2H])([2H])[2H])cc3c3cc(C([2H])([2H])[2H])ccc32)c(-n2c3ccc(C([2H])([2H])[2H])cc3c3cc(C([2H])([2H])[2H])ccc32)c(C#N)c1-n1c2ccc(C([2H])([2H])[2H])cc2c2cc(C([2H])([2H])[2H])ccc21. The van der Waals surface area contributed by atoms with Crippen molar-refractivity contribution >= 4 is 87.2 Å². The lowest BCUT2D eigenvalue weighted by Gasteiger charge is -2.27. The zero-order valence-corrected chi connectivity index (χ0v) is 36.5. The van der Waals surface area contributed by atoms with Crippen molar-refractivity contribution in [2.45, 2.75) is 54.8 Å². The standard InChI is InChI=1S/C64H48N6/c1-35-9-17-53-43(25-35)44-26-36(2)10-18-54(44)67(53)61-51(33-65)63(69-57-21-13-39(5)29-47(57)48-30-40(6)14-22-58(48)69)64(70-59-23-15-41(7)31-49(59)50-32-42(8)16-24-60(50)70)52(34-66)62(61)68-55-19-11-37(3)27-45(55)46-28-38(4)12-20-56(46)68/h9-32H,1-8H3/i1D3,2D3,3D3,4D3,5D3,6D3,7D3,8D3. The first-order valence-corrected chi connectivity index (χ1v) is 22.0. The predicted molar refractivity (Wildman–Crippen MR) is 291 cm³/mol. The molecule has 0 spiro atoms. The molecule has 0 N–H and O–H groups in total. The number of hydrogen-bond donors (Lipinski definition) is 0. The normalized spacial score (nSPS) is 18.5. The molecule has 0 bridgehead atoms. The van der Waals surface area contributed by atoms with Crippen LogP contribution in [0, 0.1) is 77.5 Å². The highest BCUT2D eigenvalue weighted by Gasteiger charge is 2.34. The van der Waals surface area contributed by atoms with Gasteiger partial charge in [0.1, 0.15) is 23.3 Å². The van der Waals surface area contributed by atoms with Crippen molar-refractivity contribution in [2.24, 2.45) is 0 Å². The molecule has 0 amide bonds.